The normalized spacial score (nSPS) is 13.0. The first-order valence-electron chi connectivity index (χ1n) is 9.08. The van der Waals surface area contributed by atoms with E-state index >= 15 is 0 Å². The van der Waals surface area contributed by atoms with Crippen molar-refractivity contribution in [2.75, 3.05) is 6.61 Å². The minimum Gasteiger partial charge on any atom is -0.462 e. The smallest absolute Gasteiger partial charge is 0.363 e. The van der Waals surface area contributed by atoms with Crippen molar-refractivity contribution in [1.82, 2.24) is 0 Å². The molecule has 0 unspecified atom stereocenters. The molecule has 0 aliphatic rings. The van der Waals surface area contributed by atoms with Crippen molar-refractivity contribution in [3.63, 3.8) is 0 Å². The highest BCUT2D eigenvalue weighted by Gasteiger charge is 2.52. The van der Waals surface area contributed by atoms with Crippen LogP contribution in [-0.4, -0.2) is 24.5 Å². The van der Waals surface area contributed by atoms with Crippen molar-refractivity contribution in [2.24, 2.45) is 5.73 Å². The molecular weight excluding hydrogens is 362 g/mol. The van der Waals surface area contributed by atoms with Crippen molar-refractivity contribution >= 4 is 5.97 Å². The summed E-state index contributed by atoms with van der Waals surface area (Å²) >= 11 is 0. The molecule has 0 heterocycles. The van der Waals surface area contributed by atoms with Crippen LogP contribution < -0.4 is 5.73 Å². The lowest BCUT2D eigenvalue weighted by atomic mass is 9.84. The molecule has 0 fully saturated rings. The Labute approximate surface area is 158 Å². The first-order valence-corrected chi connectivity index (χ1v) is 9.08. The Bertz CT molecular complexity index is 635. The molecule has 0 saturated carbocycles. The zero-order chi connectivity index (χ0) is 21.2. The Morgan fingerprint density at radius 2 is 1.41 bits per heavy atom. The molecule has 7 heteroatoms. The Morgan fingerprint density at radius 3 is 1.74 bits per heavy atom. The summed E-state index contributed by atoms with van der Waals surface area (Å²) in [6, 6.07) is -0.828. The van der Waals surface area contributed by atoms with E-state index in [0.29, 0.717) is 5.56 Å². The van der Waals surface area contributed by atoms with E-state index in [0.717, 1.165) is 16.7 Å². The Hall–Kier alpha value is -1.63. The molecule has 0 aromatic heterocycles. The third kappa shape index (κ3) is 5.67. The Morgan fingerprint density at radius 1 is 0.963 bits per heavy atom. The van der Waals surface area contributed by atoms with Gasteiger partial charge in [0.2, 0.25) is 0 Å². The van der Waals surface area contributed by atoms with Gasteiger partial charge in [-0.25, -0.2) is 4.79 Å². The fourth-order valence-corrected chi connectivity index (χ4v) is 2.70. The topological polar surface area (TPSA) is 52.3 Å². The molecule has 27 heavy (non-hydrogen) atoms. The second kappa shape index (κ2) is 8.59. The van der Waals surface area contributed by atoms with Crippen LogP contribution in [-0.2, 0) is 4.74 Å². The van der Waals surface area contributed by atoms with E-state index in [1.165, 1.54) is 0 Å². The maximum Gasteiger partial charge on any atom is 0.363 e. The number of carbonyl (C=O) groups excluding carboxylic acids is 1. The molecular formula is C20H29F4NO2. The number of halogens is 4. The van der Waals surface area contributed by atoms with Crippen LogP contribution in [0.25, 0.3) is 0 Å². The minimum atomic E-state index is -4.66. The molecule has 1 aromatic carbocycles. The van der Waals surface area contributed by atoms with Gasteiger partial charge in [-0.2, -0.15) is 17.6 Å². The molecule has 0 spiro atoms. The van der Waals surface area contributed by atoms with Crippen molar-refractivity contribution in [3.05, 3.63) is 34.4 Å². The molecule has 1 rings (SSSR count). The second-order valence-electron chi connectivity index (χ2n) is 7.75. The van der Waals surface area contributed by atoms with E-state index in [1.54, 1.807) is 0 Å². The standard InChI is InChI=1S/C20H29F4NO2/c1-11(2)14-9-15(12(3)4)17(16(10-14)13(5)6)18(26)27-8-7-19(21,22)20(23,24)25/h9-13H,7-8,25H2,1-6H3. The maximum atomic E-state index is 13.3. The summed E-state index contributed by atoms with van der Waals surface area (Å²) in [5, 5.41) is 0. The number of esters is 1. The number of rotatable bonds is 8. The summed E-state index contributed by atoms with van der Waals surface area (Å²) in [5.74, 6) is -4.99. The SMILES string of the molecule is CC(C)c1cc(C(C)C)c(C(=O)OCCC(F)(F)C(N)(F)F)c(C(C)C)c1. The van der Waals surface area contributed by atoms with Gasteiger partial charge in [0.05, 0.1) is 18.6 Å². The predicted octanol–water partition coefficient (Wildman–Crippen LogP) is 5.79. The summed E-state index contributed by atoms with van der Waals surface area (Å²) in [6.45, 7) is 10.9. The molecule has 154 valence electrons. The molecule has 0 saturated heterocycles. The molecule has 0 atom stereocenters. The monoisotopic (exact) mass is 391 g/mol. The summed E-state index contributed by atoms with van der Waals surface area (Å²) in [7, 11) is 0. The highest BCUT2D eigenvalue weighted by Crippen LogP contribution is 2.34. The highest BCUT2D eigenvalue weighted by atomic mass is 19.3. The van der Waals surface area contributed by atoms with Gasteiger partial charge in [-0.1, -0.05) is 53.7 Å². The first-order chi connectivity index (χ1) is 12.2. The summed E-state index contributed by atoms with van der Waals surface area (Å²) in [5.41, 5.74) is 7.09. The lowest BCUT2D eigenvalue weighted by molar-refractivity contribution is -0.211. The molecule has 0 radical (unpaired) electrons. The van der Waals surface area contributed by atoms with E-state index in [4.69, 9.17) is 4.74 Å². The largest absolute Gasteiger partial charge is 0.462 e. The first kappa shape index (κ1) is 23.4. The van der Waals surface area contributed by atoms with Gasteiger partial charge >= 0.3 is 17.9 Å². The second-order valence-corrected chi connectivity index (χ2v) is 7.75. The number of hydrogen-bond acceptors (Lipinski definition) is 3. The van der Waals surface area contributed by atoms with Gasteiger partial charge in [0.15, 0.2) is 0 Å². The molecule has 0 aliphatic carbocycles. The molecule has 2 N–H and O–H groups in total. The number of carbonyl (C=O) groups is 1. The number of benzene rings is 1. The van der Waals surface area contributed by atoms with Gasteiger partial charge in [0, 0.05) is 0 Å². The Kier molecular flexibility index (Phi) is 7.45. The summed E-state index contributed by atoms with van der Waals surface area (Å²) in [6.07, 6.45) is -1.35. The third-order valence-electron chi connectivity index (χ3n) is 4.47. The van der Waals surface area contributed by atoms with Crippen molar-refractivity contribution < 1.29 is 27.1 Å². The molecule has 0 bridgehead atoms. The van der Waals surface area contributed by atoms with Gasteiger partial charge in [0.25, 0.3) is 0 Å². The van der Waals surface area contributed by atoms with Crippen LogP contribution in [0.15, 0.2) is 12.1 Å². The van der Waals surface area contributed by atoms with E-state index in [9.17, 15) is 22.4 Å². The fraction of sp³-hybridized carbons (Fsp3) is 0.650. The van der Waals surface area contributed by atoms with Crippen LogP contribution in [0.5, 0.6) is 0 Å². The minimum absolute atomic E-state index is 0.00133. The Balaban J connectivity index is 3.18. The average Bonchev–Trinajstić information content (AvgIpc) is 2.51. The van der Waals surface area contributed by atoms with Crippen LogP contribution in [0.4, 0.5) is 17.6 Å². The fourth-order valence-electron chi connectivity index (χ4n) is 2.70. The van der Waals surface area contributed by atoms with Gasteiger partial charge in [-0.05, 0) is 34.4 Å². The number of alkyl halides is 4. The van der Waals surface area contributed by atoms with Crippen molar-refractivity contribution in [1.29, 1.82) is 0 Å². The predicted molar refractivity (Wildman–Crippen MR) is 97.7 cm³/mol. The van der Waals surface area contributed by atoms with Gasteiger partial charge in [-0.15, -0.1) is 0 Å². The molecule has 3 nitrogen and oxygen atoms in total. The van der Waals surface area contributed by atoms with Crippen LogP contribution in [0.1, 0.15) is 92.8 Å². The summed E-state index contributed by atoms with van der Waals surface area (Å²) < 4.78 is 56.9. The van der Waals surface area contributed by atoms with Gasteiger partial charge < -0.3 is 4.74 Å². The van der Waals surface area contributed by atoms with Gasteiger partial charge in [-0.3, -0.25) is 5.73 Å². The summed E-state index contributed by atoms with van der Waals surface area (Å²) in [4.78, 5) is 12.6. The van der Waals surface area contributed by atoms with E-state index in [-0.39, 0.29) is 17.8 Å². The van der Waals surface area contributed by atoms with E-state index in [2.05, 4.69) is 5.73 Å². The number of ether oxygens (including phenoxy) is 1. The van der Waals surface area contributed by atoms with Gasteiger partial charge in [0.1, 0.15) is 0 Å². The van der Waals surface area contributed by atoms with Crippen LogP contribution in [0.3, 0.4) is 0 Å². The zero-order valence-electron chi connectivity index (χ0n) is 16.7. The van der Waals surface area contributed by atoms with Crippen molar-refractivity contribution in [2.45, 2.75) is 77.7 Å². The zero-order valence-corrected chi connectivity index (χ0v) is 16.7. The molecule has 0 aliphatic heterocycles. The van der Waals surface area contributed by atoms with E-state index < -0.39 is 31.0 Å². The molecule has 0 amide bonds. The molecule has 1 aromatic rings. The van der Waals surface area contributed by atoms with Crippen LogP contribution in [0.2, 0.25) is 0 Å². The quantitative estimate of drug-likeness (QED) is 0.347. The van der Waals surface area contributed by atoms with Crippen LogP contribution in [0, 0.1) is 0 Å². The van der Waals surface area contributed by atoms with Crippen LogP contribution >= 0.6 is 0 Å². The average molecular weight is 391 g/mol. The number of hydrogen-bond donors (Lipinski definition) is 1. The maximum absolute atomic E-state index is 13.3. The van der Waals surface area contributed by atoms with E-state index in [1.807, 2.05) is 53.7 Å². The number of nitrogens with two attached hydrogens (primary N) is 1. The van der Waals surface area contributed by atoms with Crippen molar-refractivity contribution in [3.8, 4) is 0 Å². The lowest BCUT2D eigenvalue weighted by Gasteiger charge is -2.24. The lowest BCUT2D eigenvalue weighted by Crippen LogP contribution is -2.48. The third-order valence-corrected chi connectivity index (χ3v) is 4.47. The highest BCUT2D eigenvalue weighted by molar-refractivity contribution is 5.93.